The maximum Gasteiger partial charge on any atom is 0.200 e. The molecule has 1 unspecified atom stereocenters. The number of methoxy groups -OCH3 is 1. The zero-order valence-electron chi connectivity index (χ0n) is 9.33. The van der Waals surface area contributed by atoms with Crippen LogP contribution in [0.1, 0.15) is 24.5 Å². The maximum absolute atomic E-state index is 13.7. The van der Waals surface area contributed by atoms with Crippen molar-refractivity contribution in [3.63, 3.8) is 0 Å². The van der Waals surface area contributed by atoms with Crippen molar-refractivity contribution < 1.29 is 23.0 Å². The highest BCUT2D eigenvalue weighted by Crippen LogP contribution is 2.32. The Bertz CT molecular complexity index is 446. The van der Waals surface area contributed by atoms with Crippen molar-refractivity contribution in [2.24, 2.45) is 0 Å². The number of ether oxygens (including phenoxy) is 2. The van der Waals surface area contributed by atoms with Gasteiger partial charge in [-0.25, -0.2) is 4.39 Å². The van der Waals surface area contributed by atoms with E-state index in [1.54, 1.807) is 0 Å². The number of rotatable bonds is 2. The topological polar surface area (TPSA) is 35.5 Å². The summed E-state index contributed by atoms with van der Waals surface area (Å²) in [5.74, 6) is -2.22. The molecule has 0 N–H and O–H groups in total. The van der Waals surface area contributed by atoms with Crippen molar-refractivity contribution in [2.45, 2.75) is 18.9 Å². The second-order valence-corrected chi connectivity index (χ2v) is 3.84. The fourth-order valence-corrected chi connectivity index (χ4v) is 1.84. The third kappa shape index (κ3) is 2.29. The summed E-state index contributed by atoms with van der Waals surface area (Å²) in [7, 11) is 1.26. The molecule has 0 amide bonds. The molecule has 1 aliphatic heterocycles. The summed E-state index contributed by atoms with van der Waals surface area (Å²) in [4.78, 5) is 11.2. The van der Waals surface area contributed by atoms with Gasteiger partial charge in [0.05, 0.1) is 19.8 Å². The Morgan fingerprint density at radius 1 is 1.35 bits per heavy atom. The minimum absolute atomic E-state index is 0.00289. The maximum atomic E-state index is 13.7. The van der Waals surface area contributed by atoms with Gasteiger partial charge in [-0.05, 0) is 12.1 Å². The second-order valence-electron chi connectivity index (χ2n) is 3.84. The third-order valence-corrected chi connectivity index (χ3v) is 2.76. The van der Waals surface area contributed by atoms with Crippen LogP contribution >= 0.6 is 0 Å². The molecule has 0 spiro atoms. The van der Waals surface area contributed by atoms with Gasteiger partial charge >= 0.3 is 0 Å². The van der Waals surface area contributed by atoms with Crippen molar-refractivity contribution in [1.29, 1.82) is 0 Å². The molecule has 0 bridgehead atoms. The summed E-state index contributed by atoms with van der Waals surface area (Å²) in [6.45, 7) is 0.247. The lowest BCUT2D eigenvalue weighted by atomic mass is 9.99. The van der Waals surface area contributed by atoms with E-state index in [9.17, 15) is 13.6 Å². The van der Waals surface area contributed by atoms with E-state index in [2.05, 4.69) is 4.74 Å². The molecule has 0 radical (unpaired) electrons. The molecule has 3 nitrogen and oxygen atoms in total. The second kappa shape index (κ2) is 4.79. The lowest BCUT2D eigenvalue weighted by Gasteiger charge is -2.22. The predicted octanol–water partition coefficient (Wildman–Crippen LogP) is 2.39. The van der Waals surface area contributed by atoms with E-state index < -0.39 is 17.7 Å². The highest BCUT2D eigenvalue weighted by atomic mass is 19.2. The minimum atomic E-state index is -1.05. The van der Waals surface area contributed by atoms with Gasteiger partial charge in [0.25, 0.3) is 0 Å². The van der Waals surface area contributed by atoms with Gasteiger partial charge in [0.2, 0.25) is 5.82 Å². The molecule has 0 aliphatic carbocycles. The Labute approximate surface area is 97.3 Å². The average Bonchev–Trinajstić information content (AvgIpc) is 2.32. The Hall–Kier alpha value is -1.49. The van der Waals surface area contributed by atoms with E-state index in [-0.39, 0.29) is 30.1 Å². The van der Waals surface area contributed by atoms with Crippen molar-refractivity contribution in [3.8, 4) is 5.75 Å². The van der Waals surface area contributed by atoms with Gasteiger partial charge in [0.1, 0.15) is 5.78 Å². The monoisotopic (exact) mass is 242 g/mol. The average molecular weight is 242 g/mol. The molecule has 1 aliphatic rings. The van der Waals surface area contributed by atoms with E-state index >= 15 is 0 Å². The van der Waals surface area contributed by atoms with Crippen LogP contribution in [0, 0.1) is 11.6 Å². The van der Waals surface area contributed by atoms with Crippen molar-refractivity contribution >= 4 is 5.78 Å². The van der Waals surface area contributed by atoms with Crippen LogP contribution in [0.5, 0.6) is 5.75 Å². The number of ketones is 1. The first-order valence-corrected chi connectivity index (χ1v) is 5.28. The smallest absolute Gasteiger partial charge is 0.200 e. The minimum Gasteiger partial charge on any atom is -0.494 e. The Morgan fingerprint density at radius 3 is 2.76 bits per heavy atom. The van der Waals surface area contributed by atoms with Crippen LogP contribution in [0.15, 0.2) is 12.1 Å². The molecular formula is C12H12F2O3. The molecule has 2 rings (SSSR count). The number of Topliss-reactive ketones (excluding diaryl/α,β-unsaturated/α-hetero) is 1. The summed E-state index contributed by atoms with van der Waals surface area (Å²) in [6, 6.07) is 2.72. The third-order valence-electron chi connectivity index (χ3n) is 2.76. The number of carbonyl (C=O) groups is 1. The standard InChI is InChI=1S/C12H12F2O3/c1-16-9-3-2-8(11(13)12(9)14)10-6-7(15)4-5-17-10/h2-3,10H,4-6H2,1H3. The van der Waals surface area contributed by atoms with Crippen LogP contribution in [0.2, 0.25) is 0 Å². The summed E-state index contributed by atoms with van der Waals surface area (Å²) in [5, 5.41) is 0. The van der Waals surface area contributed by atoms with Crippen molar-refractivity contribution in [3.05, 3.63) is 29.3 Å². The summed E-state index contributed by atoms with van der Waals surface area (Å²) in [5.41, 5.74) is 0.0661. The summed E-state index contributed by atoms with van der Waals surface area (Å²) in [6.07, 6.45) is -0.281. The molecule has 5 heteroatoms. The SMILES string of the molecule is COc1ccc(C2CC(=O)CCO2)c(F)c1F. The Balaban J connectivity index is 2.32. The predicted molar refractivity (Wildman–Crippen MR) is 55.8 cm³/mol. The summed E-state index contributed by atoms with van der Waals surface area (Å²) >= 11 is 0. The Kier molecular flexibility index (Phi) is 3.38. The lowest BCUT2D eigenvalue weighted by molar-refractivity contribution is -0.128. The number of carbonyl (C=O) groups excluding carboxylic acids is 1. The Morgan fingerprint density at radius 2 is 2.12 bits per heavy atom. The molecule has 1 aromatic carbocycles. The molecule has 0 aromatic heterocycles. The molecule has 1 heterocycles. The van der Waals surface area contributed by atoms with Crippen molar-refractivity contribution in [2.75, 3.05) is 13.7 Å². The quantitative estimate of drug-likeness (QED) is 0.798. The van der Waals surface area contributed by atoms with Gasteiger partial charge in [-0.1, -0.05) is 0 Å². The number of benzene rings is 1. The molecule has 0 saturated carbocycles. The van der Waals surface area contributed by atoms with Gasteiger partial charge in [0, 0.05) is 18.4 Å². The van der Waals surface area contributed by atoms with Gasteiger partial charge < -0.3 is 9.47 Å². The van der Waals surface area contributed by atoms with Crippen LogP contribution in [0.3, 0.4) is 0 Å². The van der Waals surface area contributed by atoms with E-state index in [4.69, 9.17) is 4.74 Å². The van der Waals surface area contributed by atoms with Gasteiger partial charge in [0.15, 0.2) is 11.6 Å². The highest BCUT2D eigenvalue weighted by Gasteiger charge is 2.26. The fourth-order valence-electron chi connectivity index (χ4n) is 1.84. The van der Waals surface area contributed by atoms with Gasteiger partial charge in [-0.3, -0.25) is 4.79 Å². The first kappa shape index (κ1) is 12.0. The molecule has 1 fully saturated rings. The molecular weight excluding hydrogens is 230 g/mol. The van der Waals surface area contributed by atoms with Crippen LogP contribution < -0.4 is 4.74 Å². The van der Waals surface area contributed by atoms with Gasteiger partial charge in [-0.2, -0.15) is 4.39 Å². The van der Waals surface area contributed by atoms with Crippen LogP contribution in [0.4, 0.5) is 8.78 Å². The molecule has 17 heavy (non-hydrogen) atoms. The zero-order chi connectivity index (χ0) is 12.4. The lowest BCUT2D eigenvalue weighted by Crippen LogP contribution is -2.20. The van der Waals surface area contributed by atoms with Crippen LogP contribution in [0.25, 0.3) is 0 Å². The highest BCUT2D eigenvalue weighted by molar-refractivity contribution is 5.79. The zero-order valence-corrected chi connectivity index (χ0v) is 9.33. The molecule has 1 aromatic rings. The van der Waals surface area contributed by atoms with Crippen molar-refractivity contribution in [1.82, 2.24) is 0 Å². The number of halogens is 2. The molecule has 92 valence electrons. The fraction of sp³-hybridized carbons (Fsp3) is 0.417. The number of hydrogen-bond acceptors (Lipinski definition) is 3. The molecule has 1 atom stereocenters. The van der Waals surface area contributed by atoms with Crippen LogP contribution in [-0.2, 0) is 9.53 Å². The van der Waals surface area contributed by atoms with Crippen LogP contribution in [-0.4, -0.2) is 19.5 Å². The normalized spacial score (nSPS) is 20.4. The van der Waals surface area contributed by atoms with Gasteiger partial charge in [-0.15, -0.1) is 0 Å². The molecule has 1 saturated heterocycles. The first-order valence-electron chi connectivity index (χ1n) is 5.28. The van der Waals surface area contributed by atoms with E-state index in [0.29, 0.717) is 6.42 Å². The summed E-state index contributed by atoms with van der Waals surface area (Å²) < 4.78 is 37.1. The largest absolute Gasteiger partial charge is 0.494 e. The van der Waals surface area contributed by atoms with E-state index in [1.807, 2.05) is 0 Å². The number of hydrogen-bond donors (Lipinski definition) is 0. The first-order chi connectivity index (χ1) is 8.13. The van der Waals surface area contributed by atoms with E-state index in [1.165, 1.54) is 19.2 Å². The van der Waals surface area contributed by atoms with E-state index in [0.717, 1.165) is 0 Å².